The third-order valence-corrected chi connectivity index (χ3v) is 7.10. The standard InChI is InChI=1S/C25H25ClN2O6S/c1-4-34-25(30)20-15-18(11-14-21(20)26)27-24(29)16-28(22-7-5-6-8-23(22)33-3)35(31,32)19-12-9-17(2)10-13-19/h5-15H,4,16H2,1-3H3,(H,27,29). The molecule has 3 aromatic rings. The van der Waals surface area contributed by atoms with Gasteiger partial charge < -0.3 is 14.8 Å². The van der Waals surface area contributed by atoms with Crippen molar-refractivity contribution in [2.75, 3.05) is 29.9 Å². The minimum Gasteiger partial charge on any atom is -0.495 e. The number of anilines is 2. The number of rotatable bonds is 9. The molecule has 0 aliphatic heterocycles. The molecule has 0 aliphatic rings. The number of halogens is 1. The molecular weight excluding hydrogens is 492 g/mol. The lowest BCUT2D eigenvalue weighted by Crippen LogP contribution is -2.38. The van der Waals surface area contributed by atoms with Crippen molar-refractivity contribution in [1.29, 1.82) is 0 Å². The molecule has 3 rings (SSSR count). The first-order valence-electron chi connectivity index (χ1n) is 10.7. The van der Waals surface area contributed by atoms with Gasteiger partial charge in [-0.25, -0.2) is 13.2 Å². The Hall–Kier alpha value is -3.56. The van der Waals surface area contributed by atoms with Crippen molar-refractivity contribution in [2.24, 2.45) is 0 Å². The van der Waals surface area contributed by atoms with E-state index in [9.17, 15) is 18.0 Å². The third kappa shape index (κ3) is 6.12. The van der Waals surface area contributed by atoms with Gasteiger partial charge in [-0.15, -0.1) is 0 Å². The number of aryl methyl sites for hydroxylation is 1. The molecule has 0 saturated heterocycles. The molecule has 3 aromatic carbocycles. The molecule has 0 atom stereocenters. The van der Waals surface area contributed by atoms with E-state index >= 15 is 0 Å². The molecule has 10 heteroatoms. The van der Waals surface area contributed by atoms with Gasteiger partial charge in [0.2, 0.25) is 5.91 Å². The van der Waals surface area contributed by atoms with E-state index in [-0.39, 0.29) is 39.2 Å². The van der Waals surface area contributed by atoms with Crippen LogP contribution in [0, 0.1) is 6.92 Å². The van der Waals surface area contributed by atoms with Crippen LogP contribution >= 0.6 is 11.6 Å². The maximum atomic E-state index is 13.6. The van der Waals surface area contributed by atoms with Gasteiger partial charge in [0.15, 0.2) is 0 Å². The molecule has 0 radical (unpaired) electrons. The minimum absolute atomic E-state index is 0.0258. The Bertz CT molecular complexity index is 1330. The van der Waals surface area contributed by atoms with E-state index in [0.717, 1.165) is 9.87 Å². The number of esters is 1. The van der Waals surface area contributed by atoms with Gasteiger partial charge in [-0.2, -0.15) is 0 Å². The van der Waals surface area contributed by atoms with Crippen molar-refractivity contribution in [3.05, 3.63) is 82.9 Å². The number of sulfonamides is 1. The van der Waals surface area contributed by atoms with E-state index < -0.39 is 28.4 Å². The molecule has 184 valence electrons. The van der Waals surface area contributed by atoms with Crippen molar-refractivity contribution >= 4 is 44.9 Å². The van der Waals surface area contributed by atoms with Gasteiger partial charge in [-0.1, -0.05) is 41.4 Å². The Morgan fingerprint density at radius 2 is 1.71 bits per heavy atom. The van der Waals surface area contributed by atoms with Crippen LogP contribution in [0.5, 0.6) is 5.75 Å². The average Bonchev–Trinajstić information content (AvgIpc) is 2.84. The summed E-state index contributed by atoms with van der Waals surface area (Å²) in [6.45, 7) is 3.13. The molecule has 0 aliphatic carbocycles. The maximum Gasteiger partial charge on any atom is 0.339 e. The maximum absolute atomic E-state index is 13.6. The first-order valence-corrected chi connectivity index (χ1v) is 12.5. The van der Waals surface area contributed by atoms with Crippen LogP contribution in [0.25, 0.3) is 0 Å². The third-order valence-electron chi connectivity index (χ3n) is 5.00. The zero-order valence-electron chi connectivity index (χ0n) is 19.4. The highest BCUT2D eigenvalue weighted by Crippen LogP contribution is 2.32. The predicted octanol–water partition coefficient (Wildman–Crippen LogP) is 4.67. The Balaban J connectivity index is 1.95. The molecule has 0 unspecified atom stereocenters. The zero-order valence-corrected chi connectivity index (χ0v) is 21.0. The number of para-hydroxylation sites is 2. The molecule has 0 aromatic heterocycles. The van der Waals surface area contributed by atoms with Crippen molar-refractivity contribution < 1.29 is 27.5 Å². The highest BCUT2D eigenvalue weighted by Gasteiger charge is 2.29. The summed E-state index contributed by atoms with van der Waals surface area (Å²) in [5.41, 5.74) is 1.44. The lowest BCUT2D eigenvalue weighted by atomic mass is 10.2. The number of methoxy groups -OCH3 is 1. The number of hydrogen-bond donors (Lipinski definition) is 1. The number of ether oxygens (including phenoxy) is 2. The molecule has 8 nitrogen and oxygen atoms in total. The zero-order chi connectivity index (χ0) is 25.6. The van der Waals surface area contributed by atoms with Gasteiger partial charge in [0, 0.05) is 5.69 Å². The second-order valence-corrected chi connectivity index (χ2v) is 9.73. The van der Waals surface area contributed by atoms with Crippen LogP contribution in [0.4, 0.5) is 11.4 Å². The van der Waals surface area contributed by atoms with Crippen LogP contribution in [0.15, 0.2) is 71.6 Å². The summed E-state index contributed by atoms with van der Waals surface area (Å²) >= 11 is 6.08. The molecule has 0 saturated carbocycles. The van der Waals surface area contributed by atoms with E-state index in [1.165, 1.54) is 37.4 Å². The van der Waals surface area contributed by atoms with E-state index in [1.54, 1.807) is 43.3 Å². The van der Waals surface area contributed by atoms with E-state index in [0.29, 0.717) is 0 Å². The van der Waals surface area contributed by atoms with E-state index in [1.807, 2.05) is 6.92 Å². The van der Waals surface area contributed by atoms with Gasteiger partial charge >= 0.3 is 5.97 Å². The molecule has 0 bridgehead atoms. The molecule has 0 fully saturated rings. The summed E-state index contributed by atoms with van der Waals surface area (Å²) in [6, 6.07) is 17.2. The van der Waals surface area contributed by atoms with Crippen molar-refractivity contribution in [3.8, 4) is 5.75 Å². The SMILES string of the molecule is CCOC(=O)c1cc(NC(=O)CN(c2ccccc2OC)S(=O)(=O)c2ccc(C)cc2)ccc1Cl. The highest BCUT2D eigenvalue weighted by molar-refractivity contribution is 7.92. The van der Waals surface area contributed by atoms with Crippen LogP contribution in [-0.2, 0) is 19.6 Å². The number of amides is 1. The summed E-state index contributed by atoms with van der Waals surface area (Å²) in [4.78, 5) is 25.2. The fraction of sp³-hybridized carbons (Fsp3) is 0.200. The van der Waals surface area contributed by atoms with Crippen LogP contribution in [0.1, 0.15) is 22.8 Å². The van der Waals surface area contributed by atoms with Gasteiger partial charge in [-0.3, -0.25) is 9.10 Å². The largest absolute Gasteiger partial charge is 0.495 e. The van der Waals surface area contributed by atoms with Crippen LogP contribution in [0.3, 0.4) is 0 Å². The quantitative estimate of drug-likeness (QED) is 0.415. The number of hydrogen-bond acceptors (Lipinski definition) is 6. The van der Waals surface area contributed by atoms with E-state index in [4.69, 9.17) is 21.1 Å². The molecule has 1 N–H and O–H groups in total. The Morgan fingerprint density at radius 3 is 2.37 bits per heavy atom. The summed E-state index contributed by atoms with van der Waals surface area (Å²) in [5.74, 6) is -0.984. The van der Waals surface area contributed by atoms with E-state index in [2.05, 4.69) is 5.32 Å². The second kappa shape index (κ2) is 11.2. The molecule has 0 heterocycles. The first kappa shape index (κ1) is 26.1. The topological polar surface area (TPSA) is 102 Å². The number of carbonyl (C=O) groups is 2. The minimum atomic E-state index is -4.13. The smallest absolute Gasteiger partial charge is 0.339 e. The number of nitrogens with one attached hydrogen (secondary N) is 1. The molecule has 35 heavy (non-hydrogen) atoms. The summed E-state index contributed by atoms with van der Waals surface area (Å²) in [6.07, 6.45) is 0. The van der Waals surface area contributed by atoms with Crippen LogP contribution in [-0.4, -0.2) is 40.6 Å². The number of benzene rings is 3. The van der Waals surface area contributed by atoms with Gasteiger partial charge in [0.05, 0.1) is 34.9 Å². The van der Waals surface area contributed by atoms with Gasteiger partial charge in [0.25, 0.3) is 10.0 Å². The van der Waals surface area contributed by atoms with Crippen molar-refractivity contribution in [2.45, 2.75) is 18.7 Å². The van der Waals surface area contributed by atoms with Crippen molar-refractivity contribution in [1.82, 2.24) is 0 Å². The highest BCUT2D eigenvalue weighted by atomic mass is 35.5. The molecule has 1 amide bonds. The first-order chi connectivity index (χ1) is 16.7. The fourth-order valence-electron chi connectivity index (χ4n) is 3.27. The second-order valence-electron chi connectivity index (χ2n) is 7.46. The number of nitrogens with zero attached hydrogens (tertiary/aromatic N) is 1. The summed E-state index contributed by atoms with van der Waals surface area (Å²) in [5, 5.41) is 2.79. The summed E-state index contributed by atoms with van der Waals surface area (Å²) < 4.78 is 38.5. The normalized spacial score (nSPS) is 11.0. The Kier molecular flexibility index (Phi) is 8.37. The lowest BCUT2D eigenvalue weighted by molar-refractivity contribution is -0.114. The molecule has 0 spiro atoms. The fourth-order valence-corrected chi connectivity index (χ4v) is 4.90. The van der Waals surface area contributed by atoms with Crippen LogP contribution < -0.4 is 14.4 Å². The van der Waals surface area contributed by atoms with Gasteiger partial charge in [0.1, 0.15) is 12.3 Å². The predicted molar refractivity (Wildman–Crippen MR) is 135 cm³/mol. The lowest BCUT2D eigenvalue weighted by Gasteiger charge is -2.25. The average molecular weight is 517 g/mol. The number of carbonyl (C=O) groups excluding carboxylic acids is 2. The van der Waals surface area contributed by atoms with Gasteiger partial charge in [-0.05, 0) is 56.3 Å². The monoisotopic (exact) mass is 516 g/mol. The Morgan fingerprint density at radius 1 is 1.03 bits per heavy atom. The molecular formula is C25H25ClN2O6S. The summed E-state index contributed by atoms with van der Waals surface area (Å²) in [7, 11) is -2.71. The van der Waals surface area contributed by atoms with Crippen molar-refractivity contribution in [3.63, 3.8) is 0 Å². The Labute approximate surface area is 209 Å². The van der Waals surface area contributed by atoms with Crippen LogP contribution in [0.2, 0.25) is 5.02 Å².